The van der Waals surface area contributed by atoms with Crippen molar-refractivity contribution in [2.45, 2.75) is 33.1 Å². The maximum absolute atomic E-state index is 11.8. The molecule has 2 rings (SSSR count). The second-order valence-corrected chi connectivity index (χ2v) is 5.20. The number of hydrogen-bond acceptors (Lipinski definition) is 2. The van der Waals surface area contributed by atoms with Gasteiger partial charge in [0.1, 0.15) is 0 Å². The van der Waals surface area contributed by atoms with E-state index in [-0.39, 0.29) is 16.7 Å². The minimum Gasteiger partial charge on any atom is -0.294 e. The van der Waals surface area contributed by atoms with Crippen LogP contribution in [0.4, 0.5) is 0 Å². The summed E-state index contributed by atoms with van der Waals surface area (Å²) < 4.78 is 0. The third-order valence-corrected chi connectivity index (χ3v) is 4.46. The van der Waals surface area contributed by atoms with Crippen molar-refractivity contribution in [3.05, 3.63) is 12.2 Å². The van der Waals surface area contributed by atoms with Crippen molar-refractivity contribution < 1.29 is 4.79 Å². The number of fused-ring (bicyclic) bond motifs is 2. The Hall–Kier alpha value is -0.830. The Bertz CT molecular complexity index is 308. The molecular formula is C11H18N2O. The minimum atomic E-state index is -0.358. The highest BCUT2D eigenvalue weighted by atomic mass is 16.2. The Morgan fingerprint density at radius 1 is 1.64 bits per heavy atom. The minimum absolute atomic E-state index is 0.0458. The molecule has 2 aliphatic rings. The molecule has 0 spiro atoms. The Kier molecular flexibility index (Phi) is 1.80. The number of hydrazine groups is 1. The molecule has 2 fully saturated rings. The summed E-state index contributed by atoms with van der Waals surface area (Å²) in [5, 5.41) is 0. The van der Waals surface area contributed by atoms with Crippen molar-refractivity contribution in [2.24, 2.45) is 22.6 Å². The van der Waals surface area contributed by atoms with Gasteiger partial charge in [-0.3, -0.25) is 10.2 Å². The van der Waals surface area contributed by atoms with Crippen molar-refractivity contribution in [1.82, 2.24) is 5.43 Å². The van der Waals surface area contributed by atoms with Crippen LogP contribution in [0, 0.1) is 16.7 Å². The molecule has 3 nitrogen and oxygen atoms in total. The molecular weight excluding hydrogens is 176 g/mol. The largest absolute Gasteiger partial charge is 0.294 e. The highest BCUT2D eigenvalue weighted by molar-refractivity contribution is 5.87. The quantitative estimate of drug-likeness (QED) is 0.286. The predicted molar refractivity (Wildman–Crippen MR) is 55.0 cm³/mol. The van der Waals surface area contributed by atoms with Crippen molar-refractivity contribution in [2.75, 3.05) is 0 Å². The lowest BCUT2D eigenvalue weighted by Gasteiger charge is -2.36. The first-order chi connectivity index (χ1) is 6.45. The molecule has 2 atom stereocenters. The molecule has 3 heteroatoms. The van der Waals surface area contributed by atoms with Crippen LogP contribution in [-0.4, -0.2) is 5.91 Å². The Morgan fingerprint density at radius 2 is 2.29 bits per heavy atom. The summed E-state index contributed by atoms with van der Waals surface area (Å²) in [6.07, 6.45) is 2.98. The topological polar surface area (TPSA) is 55.1 Å². The van der Waals surface area contributed by atoms with Gasteiger partial charge < -0.3 is 0 Å². The molecule has 3 N–H and O–H groups in total. The van der Waals surface area contributed by atoms with Gasteiger partial charge in [0.25, 0.3) is 0 Å². The third-order valence-electron chi connectivity index (χ3n) is 4.46. The second kappa shape index (κ2) is 2.60. The summed E-state index contributed by atoms with van der Waals surface area (Å²) in [6, 6.07) is 0. The average molecular weight is 194 g/mol. The lowest BCUT2D eigenvalue weighted by molar-refractivity contribution is -0.128. The molecule has 2 bridgehead atoms. The van der Waals surface area contributed by atoms with Gasteiger partial charge in [-0.1, -0.05) is 26.0 Å². The standard InChI is InChI=1S/C11H18N2O/c1-7-10(2,3)8-4-5-11(7,6-8)9(14)13-12/h8H,1,4-6,12H2,2-3H3,(H,13,14)/t8-,11-/m1/s1. The molecule has 0 heterocycles. The molecule has 0 unspecified atom stereocenters. The number of nitrogens with two attached hydrogens (primary N) is 1. The summed E-state index contributed by atoms with van der Waals surface area (Å²) in [5.74, 6) is 5.80. The summed E-state index contributed by atoms with van der Waals surface area (Å²) in [7, 11) is 0. The van der Waals surface area contributed by atoms with Crippen LogP contribution < -0.4 is 11.3 Å². The van der Waals surface area contributed by atoms with Gasteiger partial charge in [0.05, 0.1) is 5.41 Å². The van der Waals surface area contributed by atoms with E-state index in [9.17, 15) is 4.79 Å². The fraction of sp³-hybridized carbons (Fsp3) is 0.727. The number of carbonyl (C=O) groups is 1. The molecule has 0 radical (unpaired) electrons. The molecule has 78 valence electrons. The van der Waals surface area contributed by atoms with Gasteiger partial charge in [-0.05, 0) is 30.6 Å². The highest BCUT2D eigenvalue weighted by Crippen LogP contribution is 2.65. The van der Waals surface area contributed by atoms with Gasteiger partial charge >= 0.3 is 0 Å². The molecule has 0 aromatic heterocycles. The van der Waals surface area contributed by atoms with E-state index < -0.39 is 0 Å². The van der Waals surface area contributed by atoms with Crippen molar-refractivity contribution in [1.29, 1.82) is 0 Å². The van der Waals surface area contributed by atoms with Gasteiger partial charge in [-0.25, -0.2) is 5.84 Å². The van der Waals surface area contributed by atoms with E-state index in [1.807, 2.05) is 0 Å². The van der Waals surface area contributed by atoms with Crippen LogP contribution in [0.25, 0.3) is 0 Å². The van der Waals surface area contributed by atoms with Gasteiger partial charge in [-0.2, -0.15) is 0 Å². The number of nitrogens with one attached hydrogen (secondary N) is 1. The fourth-order valence-corrected chi connectivity index (χ4v) is 3.28. The van der Waals surface area contributed by atoms with E-state index >= 15 is 0 Å². The van der Waals surface area contributed by atoms with Gasteiger partial charge in [-0.15, -0.1) is 0 Å². The van der Waals surface area contributed by atoms with E-state index in [2.05, 4.69) is 25.9 Å². The van der Waals surface area contributed by atoms with Crippen LogP contribution in [0.1, 0.15) is 33.1 Å². The fourth-order valence-electron chi connectivity index (χ4n) is 3.28. The zero-order valence-corrected chi connectivity index (χ0v) is 8.89. The molecule has 2 aliphatic carbocycles. The van der Waals surface area contributed by atoms with Gasteiger partial charge in [0, 0.05) is 0 Å². The summed E-state index contributed by atoms with van der Waals surface area (Å²) >= 11 is 0. The number of carbonyl (C=O) groups excluding carboxylic acids is 1. The molecule has 2 saturated carbocycles. The van der Waals surface area contributed by atoms with Crippen molar-refractivity contribution in [3.8, 4) is 0 Å². The van der Waals surface area contributed by atoms with E-state index in [1.54, 1.807) is 0 Å². The van der Waals surface area contributed by atoms with Crippen molar-refractivity contribution in [3.63, 3.8) is 0 Å². The molecule has 0 aliphatic heterocycles. The second-order valence-electron chi connectivity index (χ2n) is 5.20. The maximum Gasteiger partial charge on any atom is 0.244 e. The lowest BCUT2D eigenvalue weighted by Crippen LogP contribution is -2.44. The smallest absolute Gasteiger partial charge is 0.244 e. The normalized spacial score (nSPS) is 38.8. The highest BCUT2D eigenvalue weighted by Gasteiger charge is 2.60. The van der Waals surface area contributed by atoms with Crippen LogP contribution in [-0.2, 0) is 4.79 Å². The molecule has 14 heavy (non-hydrogen) atoms. The van der Waals surface area contributed by atoms with Crippen molar-refractivity contribution >= 4 is 5.91 Å². The van der Waals surface area contributed by atoms with Gasteiger partial charge in [0.15, 0.2) is 0 Å². The lowest BCUT2D eigenvalue weighted by atomic mass is 9.68. The summed E-state index contributed by atoms with van der Waals surface area (Å²) in [5.41, 5.74) is 3.11. The van der Waals surface area contributed by atoms with Crippen LogP contribution in [0.3, 0.4) is 0 Å². The van der Waals surface area contributed by atoms with E-state index in [0.29, 0.717) is 5.92 Å². The zero-order chi connectivity index (χ0) is 10.6. The molecule has 0 saturated heterocycles. The van der Waals surface area contributed by atoms with E-state index in [4.69, 9.17) is 5.84 Å². The average Bonchev–Trinajstić information content (AvgIpc) is 2.66. The van der Waals surface area contributed by atoms with Crippen LogP contribution in [0.15, 0.2) is 12.2 Å². The first-order valence-electron chi connectivity index (χ1n) is 5.16. The van der Waals surface area contributed by atoms with Crippen LogP contribution in [0.2, 0.25) is 0 Å². The zero-order valence-electron chi connectivity index (χ0n) is 8.89. The monoisotopic (exact) mass is 194 g/mol. The number of hydrogen-bond donors (Lipinski definition) is 2. The molecule has 0 aromatic carbocycles. The summed E-state index contributed by atoms with van der Waals surface area (Å²) in [6.45, 7) is 8.48. The Balaban J connectivity index is 2.40. The maximum atomic E-state index is 11.8. The van der Waals surface area contributed by atoms with Gasteiger partial charge in [0.2, 0.25) is 5.91 Å². The van der Waals surface area contributed by atoms with E-state index in [1.165, 1.54) is 0 Å². The first-order valence-corrected chi connectivity index (χ1v) is 5.16. The molecule has 0 aromatic rings. The number of rotatable bonds is 1. The van der Waals surface area contributed by atoms with Crippen LogP contribution >= 0.6 is 0 Å². The molecule has 1 amide bonds. The Morgan fingerprint density at radius 3 is 2.71 bits per heavy atom. The summed E-state index contributed by atoms with van der Waals surface area (Å²) in [4.78, 5) is 11.8. The Labute approximate surface area is 84.7 Å². The first kappa shape index (κ1) is 9.71. The number of amides is 1. The predicted octanol–water partition coefficient (Wildman–Crippen LogP) is 1.36. The van der Waals surface area contributed by atoms with Crippen LogP contribution in [0.5, 0.6) is 0 Å². The SMILES string of the molecule is C=C1C(C)(C)[C@@H]2CC[C@@]1(C(=O)NN)C2. The third kappa shape index (κ3) is 0.883. The van der Waals surface area contributed by atoms with E-state index in [0.717, 1.165) is 24.8 Å².